The molecule has 140 valence electrons. The molecule has 0 aromatic carbocycles. The Morgan fingerprint density at radius 2 is 2.00 bits per heavy atom. The third-order valence-corrected chi connectivity index (χ3v) is 5.95. The maximum atomic E-state index is 4.52. The van der Waals surface area contributed by atoms with Crippen molar-refractivity contribution in [3.63, 3.8) is 0 Å². The number of aromatic nitrogens is 7. The van der Waals surface area contributed by atoms with Crippen LogP contribution in [0.3, 0.4) is 0 Å². The van der Waals surface area contributed by atoms with Crippen LogP contribution in [0, 0.1) is 0 Å². The van der Waals surface area contributed by atoms with Gasteiger partial charge in [0.2, 0.25) is 0 Å². The van der Waals surface area contributed by atoms with Crippen LogP contribution in [0.1, 0.15) is 0 Å². The zero-order valence-corrected chi connectivity index (χ0v) is 16.2. The third kappa shape index (κ3) is 2.57. The Labute approximate surface area is 169 Å². The molecular weight excluding hydrogens is 382 g/mol. The predicted octanol–water partition coefficient (Wildman–Crippen LogP) is 4.63. The number of H-pyrrole nitrogens is 2. The lowest BCUT2D eigenvalue weighted by atomic mass is 10.1. The van der Waals surface area contributed by atoms with Gasteiger partial charge in [0, 0.05) is 58.0 Å². The molecule has 0 amide bonds. The lowest BCUT2D eigenvalue weighted by Gasteiger charge is -1.98. The van der Waals surface area contributed by atoms with Crippen molar-refractivity contribution in [3.8, 4) is 33.0 Å². The molecular formula is C21H15N7S. The summed E-state index contributed by atoms with van der Waals surface area (Å²) in [7, 11) is 1.91. The van der Waals surface area contributed by atoms with Gasteiger partial charge in [-0.15, -0.1) is 11.3 Å². The largest absolute Gasteiger partial charge is 0.352 e. The summed E-state index contributed by atoms with van der Waals surface area (Å²) in [6.45, 7) is 0. The van der Waals surface area contributed by atoms with Gasteiger partial charge in [0.05, 0.1) is 29.3 Å². The van der Waals surface area contributed by atoms with E-state index in [0.29, 0.717) is 5.65 Å². The van der Waals surface area contributed by atoms with Crippen molar-refractivity contribution in [1.82, 2.24) is 34.9 Å². The Bertz CT molecular complexity index is 1470. The molecule has 6 aromatic heterocycles. The maximum Gasteiger partial charge on any atom is 0.181 e. The quantitative estimate of drug-likeness (QED) is 0.456. The van der Waals surface area contributed by atoms with Gasteiger partial charge in [-0.1, -0.05) is 6.07 Å². The van der Waals surface area contributed by atoms with Crippen molar-refractivity contribution >= 4 is 33.3 Å². The second kappa shape index (κ2) is 6.11. The standard InChI is InChI=1S/C21H15N7S/c1-28-11-13(8-24-28)12-5-15-20(26-27-21(15)23-7-12)17-6-14-16(19-3-2-4-29-19)9-22-10-18(14)25-17/h2-11,25H,1H3,(H,23,26,27). The fourth-order valence-corrected chi connectivity index (χ4v) is 4.40. The van der Waals surface area contributed by atoms with Crippen molar-refractivity contribution in [2.24, 2.45) is 7.05 Å². The Kier molecular flexibility index (Phi) is 3.41. The van der Waals surface area contributed by atoms with Gasteiger partial charge in [-0.3, -0.25) is 14.8 Å². The summed E-state index contributed by atoms with van der Waals surface area (Å²) >= 11 is 1.71. The molecule has 2 N–H and O–H groups in total. The summed E-state index contributed by atoms with van der Waals surface area (Å²) in [6.07, 6.45) is 9.41. The van der Waals surface area contributed by atoms with Crippen LogP contribution in [-0.4, -0.2) is 34.9 Å². The number of rotatable bonds is 3. The summed E-state index contributed by atoms with van der Waals surface area (Å²) in [6, 6.07) is 8.42. The molecule has 0 saturated carbocycles. The Balaban J connectivity index is 1.53. The minimum Gasteiger partial charge on any atom is -0.352 e. The number of nitrogens with one attached hydrogen (secondary N) is 2. The van der Waals surface area contributed by atoms with E-state index in [1.807, 2.05) is 38.0 Å². The van der Waals surface area contributed by atoms with E-state index in [-0.39, 0.29) is 0 Å². The van der Waals surface area contributed by atoms with Crippen molar-refractivity contribution < 1.29 is 0 Å². The van der Waals surface area contributed by atoms with E-state index in [9.17, 15) is 0 Å². The first kappa shape index (κ1) is 16.2. The van der Waals surface area contributed by atoms with Crippen LogP contribution in [-0.2, 0) is 7.05 Å². The first-order valence-corrected chi connectivity index (χ1v) is 9.98. The predicted molar refractivity (Wildman–Crippen MR) is 114 cm³/mol. The van der Waals surface area contributed by atoms with Crippen LogP contribution in [0.2, 0.25) is 0 Å². The fraction of sp³-hybridized carbons (Fsp3) is 0.0476. The van der Waals surface area contributed by atoms with E-state index < -0.39 is 0 Å². The van der Waals surface area contributed by atoms with Crippen molar-refractivity contribution in [2.45, 2.75) is 0 Å². The van der Waals surface area contributed by atoms with Crippen molar-refractivity contribution in [3.05, 3.63) is 60.6 Å². The minimum atomic E-state index is 0.683. The molecule has 8 heteroatoms. The average molecular weight is 397 g/mol. The molecule has 6 aromatic rings. The van der Waals surface area contributed by atoms with E-state index in [4.69, 9.17) is 0 Å². The van der Waals surface area contributed by atoms with Gasteiger partial charge < -0.3 is 4.98 Å². The van der Waals surface area contributed by atoms with Crippen LogP contribution in [0.5, 0.6) is 0 Å². The van der Waals surface area contributed by atoms with Gasteiger partial charge in [0.15, 0.2) is 5.65 Å². The first-order valence-electron chi connectivity index (χ1n) is 9.10. The number of hydrogen-bond donors (Lipinski definition) is 2. The second-order valence-electron chi connectivity index (χ2n) is 6.91. The van der Waals surface area contributed by atoms with Gasteiger partial charge in [-0.05, 0) is 23.6 Å². The lowest BCUT2D eigenvalue weighted by molar-refractivity contribution is 0.768. The van der Waals surface area contributed by atoms with Gasteiger partial charge in [-0.25, -0.2) is 4.98 Å². The third-order valence-electron chi connectivity index (χ3n) is 5.05. The van der Waals surface area contributed by atoms with Gasteiger partial charge >= 0.3 is 0 Å². The van der Waals surface area contributed by atoms with Crippen LogP contribution < -0.4 is 0 Å². The Hall–Kier alpha value is -3.78. The zero-order valence-electron chi connectivity index (χ0n) is 15.4. The second-order valence-corrected chi connectivity index (χ2v) is 7.85. The van der Waals surface area contributed by atoms with Gasteiger partial charge in [-0.2, -0.15) is 10.2 Å². The molecule has 0 atom stereocenters. The first-order chi connectivity index (χ1) is 14.3. The monoisotopic (exact) mass is 397 g/mol. The zero-order chi connectivity index (χ0) is 19.4. The van der Waals surface area contributed by atoms with E-state index in [2.05, 4.69) is 59.9 Å². The maximum absolute atomic E-state index is 4.52. The highest BCUT2D eigenvalue weighted by Crippen LogP contribution is 2.35. The molecule has 0 aliphatic rings. The number of fused-ring (bicyclic) bond motifs is 2. The topological polar surface area (TPSA) is 88.1 Å². The van der Waals surface area contributed by atoms with Gasteiger partial charge in [0.1, 0.15) is 0 Å². The van der Waals surface area contributed by atoms with E-state index >= 15 is 0 Å². The fourth-order valence-electron chi connectivity index (χ4n) is 3.65. The number of aryl methyl sites for hydroxylation is 1. The van der Waals surface area contributed by atoms with Crippen LogP contribution >= 0.6 is 11.3 Å². The Morgan fingerprint density at radius 3 is 2.83 bits per heavy atom. The smallest absolute Gasteiger partial charge is 0.181 e. The van der Waals surface area contributed by atoms with Crippen LogP contribution in [0.25, 0.3) is 54.9 Å². The molecule has 0 saturated heterocycles. The molecule has 0 aliphatic heterocycles. The average Bonchev–Trinajstić information content (AvgIpc) is 3.51. The number of pyridine rings is 2. The number of nitrogens with zero attached hydrogens (tertiary/aromatic N) is 5. The lowest BCUT2D eigenvalue weighted by Crippen LogP contribution is -1.84. The summed E-state index contributed by atoms with van der Waals surface area (Å²) in [5.74, 6) is 0. The van der Waals surface area contributed by atoms with E-state index in [0.717, 1.165) is 44.4 Å². The Morgan fingerprint density at radius 1 is 1.03 bits per heavy atom. The highest BCUT2D eigenvalue weighted by molar-refractivity contribution is 7.13. The minimum absolute atomic E-state index is 0.683. The summed E-state index contributed by atoms with van der Waals surface area (Å²) in [5, 5.41) is 16.0. The normalized spacial score (nSPS) is 11.6. The number of thiophene rings is 1. The molecule has 0 aliphatic carbocycles. The van der Waals surface area contributed by atoms with Crippen LogP contribution in [0.15, 0.2) is 60.6 Å². The molecule has 29 heavy (non-hydrogen) atoms. The van der Waals surface area contributed by atoms with Crippen molar-refractivity contribution in [2.75, 3.05) is 0 Å². The summed E-state index contributed by atoms with van der Waals surface area (Å²) in [4.78, 5) is 13.6. The number of aromatic amines is 2. The molecule has 0 fully saturated rings. The molecule has 0 spiro atoms. The highest BCUT2D eigenvalue weighted by Gasteiger charge is 2.15. The van der Waals surface area contributed by atoms with Gasteiger partial charge in [0.25, 0.3) is 0 Å². The van der Waals surface area contributed by atoms with Crippen LogP contribution in [0.4, 0.5) is 0 Å². The van der Waals surface area contributed by atoms with E-state index in [1.165, 1.54) is 4.88 Å². The SMILES string of the molecule is Cn1cc(-c2cnc3n[nH]c(-c4cc5c(-c6cccs6)cncc5[nH]4)c3c2)cn1. The highest BCUT2D eigenvalue weighted by atomic mass is 32.1. The molecule has 0 radical (unpaired) electrons. The molecule has 0 unspecified atom stereocenters. The molecule has 6 rings (SSSR count). The molecule has 6 heterocycles. The summed E-state index contributed by atoms with van der Waals surface area (Å²) in [5.41, 5.74) is 6.69. The summed E-state index contributed by atoms with van der Waals surface area (Å²) < 4.78 is 1.78. The number of hydrogen-bond acceptors (Lipinski definition) is 5. The van der Waals surface area contributed by atoms with Crippen molar-refractivity contribution in [1.29, 1.82) is 0 Å². The van der Waals surface area contributed by atoms with E-state index in [1.54, 1.807) is 16.0 Å². The molecule has 7 nitrogen and oxygen atoms in total. The molecule has 0 bridgehead atoms.